The van der Waals surface area contributed by atoms with Crippen LogP contribution in [0.15, 0.2) is 29.5 Å². The molecule has 2 saturated carbocycles. The zero-order chi connectivity index (χ0) is 24.7. The molecule has 3 aliphatic rings. The molecular weight excluding hydrogens is 445 g/mol. The Morgan fingerprint density at radius 1 is 1.26 bits per heavy atom. The van der Waals surface area contributed by atoms with Crippen molar-refractivity contribution in [3.8, 4) is 11.3 Å². The first-order valence-corrected chi connectivity index (χ1v) is 12.3. The highest BCUT2D eigenvalue weighted by Crippen LogP contribution is 2.67. The second-order valence-electron chi connectivity index (χ2n) is 11.0. The number of anilines is 1. The smallest absolute Gasteiger partial charge is 0.241 e. The number of halogens is 1. The minimum absolute atomic E-state index is 0.0340. The number of amides is 1. The first-order chi connectivity index (χ1) is 16.6. The molecule has 182 valence electrons. The number of rotatable bonds is 5. The third-order valence-corrected chi connectivity index (χ3v) is 8.18. The highest BCUT2D eigenvalue weighted by Gasteiger charge is 2.61. The van der Waals surface area contributed by atoms with Gasteiger partial charge in [-0.2, -0.15) is 0 Å². The standard InChI is InChI=1S/C26H30FN7O/c1-13(2)26-10-17(26)23-20(29-14(26)3)7-6-19(31-23)22-18(27)12-34-21(22)11-28-24(33-34)30-16-8-25(5,9-16)32-15(4)35/h6-7,11-13,16-17H,8-10H2,1-5H3,(H,30,33)(H,32,35)/t16?,17-,25?,26?/m0/s1. The summed E-state index contributed by atoms with van der Waals surface area (Å²) in [7, 11) is 0. The lowest BCUT2D eigenvalue weighted by atomic mass is 9.74. The van der Waals surface area contributed by atoms with Crippen LogP contribution in [0.5, 0.6) is 0 Å². The van der Waals surface area contributed by atoms with E-state index in [9.17, 15) is 4.79 Å². The van der Waals surface area contributed by atoms with Crippen LogP contribution in [-0.2, 0) is 4.79 Å². The molecule has 2 fully saturated rings. The van der Waals surface area contributed by atoms with Crippen molar-refractivity contribution in [3.63, 3.8) is 0 Å². The number of aliphatic imine (C=N–C) groups is 1. The predicted octanol–water partition coefficient (Wildman–Crippen LogP) is 4.64. The van der Waals surface area contributed by atoms with Crippen LogP contribution in [0.2, 0.25) is 0 Å². The molecule has 0 aromatic carbocycles. The van der Waals surface area contributed by atoms with Crippen molar-refractivity contribution in [2.75, 3.05) is 5.32 Å². The van der Waals surface area contributed by atoms with E-state index in [0.29, 0.717) is 34.6 Å². The van der Waals surface area contributed by atoms with Gasteiger partial charge >= 0.3 is 0 Å². The molecule has 3 aromatic heterocycles. The molecule has 0 spiro atoms. The second-order valence-corrected chi connectivity index (χ2v) is 11.0. The number of carbonyl (C=O) groups is 1. The fraction of sp³-hybridized carbons (Fsp3) is 0.500. The molecular formula is C26H30FN7O. The number of fused-ring (bicyclic) bond motifs is 4. The van der Waals surface area contributed by atoms with E-state index in [1.807, 2.05) is 19.1 Å². The van der Waals surface area contributed by atoms with Gasteiger partial charge in [0.15, 0.2) is 5.82 Å². The molecule has 9 heteroatoms. The molecule has 2 N–H and O–H groups in total. The zero-order valence-electron chi connectivity index (χ0n) is 20.7. The Morgan fingerprint density at radius 3 is 2.74 bits per heavy atom. The van der Waals surface area contributed by atoms with Gasteiger partial charge in [-0.25, -0.2) is 13.9 Å². The fourth-order valence-corrected chi connectivity index (χ4v) is 6.41. The van der Waals surface area contributed by atoms with Crippen LogP contribution in [0, 0.1) is 17.2 Å². The maximum absolute atomic E-state index is 15.2. The van der Waals surface area contributed by atoms with Crippen molar-refractivity contribution in [3.05, 3.63) is 36.0 Å². The Bertz CT molecular complexity index is 1400. The summed E-state index contributed by atoms with van der Waals surface area (Å²) in [6.07, 6.45) is 5.61. The van der Waals surface area contributed by atoms with Gasteiger partial charge in [0, 0.05) is 35.5 Å². The molecule has 2 atom stereocenters. The predicted molar refractivity (Wildman–Crippen MR) is 132 cm³/mol. The van der Waals surface area contributed by atoms with Crippen molar-refractivity contribution in [1.29, 1.82) is 0 Å². The molecule has 2 aliphatic carbocycles. The Hall–Kier alpha value is -3.36. The normalized spacial score (nSPS) is 28.7. The van der Waals surface area contributed by atoms with Gasteiger partial charge < -0.3 is 10.6 Å². The summed E-state index contributed by atoms with van der Waals surface area (Å²) in [5.41, 5.74) is 4.46. The van der Waals surface area contributed by atoms with Crippen molar-refractivity contribution in [2.45, 2.75) is 71.4 Å². The number of nitrogens with one attached hydrogen (secondary N) is 2. The van der Waals surface area contributed by atoms with E-state index in [2.05, 4.69) is 41.5 Å². The molecule has 8 nitrogen and oxygen atoms in total. The summed E-state index contributed by atoms with van der Waals surface area (Å²) in [6, 6.07) is 3.93. The highest BCUT2D eigenvalue weighted by atomic mass is 19.1. The van der Waals surface area contributed by atoms with Crippen LogP contribution >= 0.6 is 0 Å². The van der Waals surface area contributed by atoms with Crippen LogP contribution in [0.1, 0.15) is 65.5 Å². The third-order valence-electron chi connectivity index (χ3n) is 8.18. The molecule has 4 heterocycles. The summed E-state index contributed by atoms with van der Waals surface area (Å²) in [4.78, 5) is 25.6. The topological polar surface area (TPSA) is 96.6 Å². The summed E-state index contributed by atoms with van der Waals surface area (Å²) >= 11 is 0. The average molecular weight is 476 g/mol. The van der Waals surface area contributed by atoms with Crippen LogP contribution in [0.3, 0.4) is 0 Å². The number of carbonyl (C=O) groups excluding carboxylic acids is 1. The van der Waals surface area contributed by atoms with Crippen molar-refractivity contribution < 1.29 is 9.18 Å². The zero-order valence-corrected chi connectivity index (χ0v) is 20.7. The van der Waals surface area contributed by atoms with Gasteiger partial charge in [-0.1, -0.05) is 13.8 Å². The van der Waals surface area contributed by atoms with Gasteiger partial charge in [-0.15, -0.1) is 5.10 Å². The lowest BCUT2D eigenvalue weighted by Crippen LogP contribution is -2.59. The third kappa shape index (κ3) is 3.35. The first-order valence-electron chi connectivity index (χ1n) is 12.3. The Balaban J connectivity index is 1.28. The largest absolute Gasteiger partial charge is 0.351 e. The Labute approximate surface area is 203 Å². The van der Waals surface area contributed by atoms with E-state index in [1.165, 1.54) is 23.3 Å². The summed E-state index contributed by atoms with van der Waals surface area (Å²) in [5, 5.41) is 10.8. The van der Waals surface area contributed by atoms with Crippen LogP contribution in [0.25, 0.3) is 16.8 Å². The number of aromatic nitrogens is 4. The van der Waals surface area contributed by atoms with Gasteiger partial charge in [0.1, 0.15) is 0 Å². The SMILES string of the molecule is CC(=O)NC1(C)CC(Nc2ncc3c(-c4ccc5c(n4)[C@@H]4CC4(C(C)C)C(C)=N5)c(F)cn3n2)C1. The van der Waals surface area contributed by atoms with E-state index in [-0.39, 0.29) is 28.7 Å². The molecule has 3 aromatic rings. The Kier molecular flexibility index (Phi) is 4.63. The number of pyridine rings is 1. The van der Waals surface area contributed by atoms with E-state index in [1.54, 1.807) is 6.20 Å². The Morgan fingerprint density at radius 2 is 2.03 bits per heavy atom. The molecule has 1 aliphatic heterocycles. The van der Waals surface area contributed by atoms with Gasteiger partial charge in [-0.05, 0) is 51.2 Å². The van der Waals surface area contributed by atoms with Gasteiger partial charge in [-0.3, -0.25) is 14.8 Å². The van der Waals surface area contributed by atoms with Crippen LogP contribution in [-0.4, -0.2) is 42.8 Å². The van der Waals surface area contributed by atoms with Gasteiger partial charge in [0.05, 0.1) is 40.5 Å². The second kappa shape index (κ2) is 7.32. The molecule has 1 amide bonds. The molecule has 0 saturated heterocycles. The maximum Gasteiger partial charge on any atom is 0.241 e. The van der Waals surface area contributed by atoms with Crippen molar-refractivity contribution in [2.24, 2.45) is 16.3 Å². The number of hydrogen-bond acceptors (Lipinski definition) is 6. The summed E-state index contributed by atoms with van der Waals surface area (Å²) < 4.78 is 16.7. The monoisotopic (exact) mass is 475 g/mol. The molecule has 0 bridgehead atoms. The van der Waals surface area contributed by atoms with Gasteiger partial charge in [0.2, 0.25) is 11.9 Å². The minimum Gasteiger partial charge on any atom is -0.351 e. The summed E-state index contributed by atoms with van der Waals surface area (Å²) in [6.45, 7) is 10.1. The van der Waals surface area contributed by atoms with Crippen LogP contribution in [0.4, 0.5) is 16.0 Å². The average Bonchev–Trinajstić information content (AvgIpc) is 3.45. The van der Waals surface area contributed by atoms with Crippen molar-refractivity contribution in [1.82, 2.24) is 24.9 Å². The molecule has 0 radical (unpaired) electrons. The summed E-state index contributed by atoms with van der Waals surface area (Å²) in [5.74, 6) is 0.829. The van der Waals surface area contributed by atoms with E-state index in [0.717, 1.165) is 30.6 Å². The quantitative estimate of drug-likeness (QED) is 0.561. The van der Waals surface area contributed by atoms with Crippen LogP contribution < -0.4 is 10.6 Å². The highest BCUT2D eigenvalue weighted by molar-refractivity contribution is 5.97. The fourth-order valence-electron chi connectivity index (χ4n) is 6.41. The van der Waals surface area contributed by atoms with E-state index in [4.69, 9.17) is 9.98 Å². The molecule has 1 unspecified atom stereocenters. The molecule has 35 heavy (non-hydrogen) atoms. The number of nitrogens with zero attached hydrogens (tertiary/aromatic N) is 5. The maximum atomic E-state index is 15.2. The lowest BCUT2D eigenvalue weighted by Gasteiger charge is -2.45. The number of hydrogen-bond donors (Lipinski definition) is 2. The van der Waals surface area contributed by atoms with Crippen molar-refractivity contribution >= 4 is 28.8 Å². The van der Waals surface area contributed by atoms with E-state index < -0.39 is 0 Å². The lowest BCUT2D eigenvalue weighted by molar-refractivity contribution is -0.121. The van der Waals surface area contributed by atoms with Gasteiger partial charge in [0.25, 0.3) is 0 Å². The first kappa shape index (κ1) is 22.1. The minimum atomic E-state index is -0.382. The van der Waals surface area contributed by atoms with E-state index >= 15 is 4.39 Å². The molecule has 6 rings (SSSR count).